The average molecular weight is 403 g/mol. The van der Waals surface area contributed by atoms with E-state index in [0.717, 1.165) is 25.7 Å². The van der Waals surface area contributed by atoms with E-state index in [-0.39, 0.29) is 23.5 Å². The van der Waals surface area contributed by atoms with Crippen molar-refractivity contribution < 1.29 is 14.7 Å². The molecule has 2 aliphatic rings. The number of benzene rings is 1. The number of nitrogens with zero attached hydrogens (tertiary/aromatic N) is 4. The fourth-order valence-electron chi connectivity index (χ4n) is 5.12. The number of carboxylic acid groups (broad SMARTS) is 1. The third-order valence-corrected chi connectivity index (χ3v) is 6.92. The highest BCUT2D eigenvalue weighted by atomic mass is 16.4. The zero-order chi connectivity index (χ0) is 21.2. The molecule has 1 spiro atoms. The molecule has 3 rings (SSSR count). The lowest BCUT2D eigenvalue weighted by Gasteiger charge is -2.51. The van der Waals surface area contributed by atoms with Gasteiger partial charge in [0.2, 0.25) is 5.91 Å². The van der Waals surface area contributed by atoms with Crippen molar-refractivity contribution in [3.8, 4) is 0 Å². The van der Waals surface area contributed by atoms with Crippen LogP contribution in [0.4, 0.5) is 0 Å². The van der Waals surface area contributed by atoms with Crippen molar-refractivity contribution in [1.82, 2.24) is 19.6 Å². The molecule has 1 aliphatic heterocycles. The minimum absolute atomic E-state index is 0.0198. The van der Waals surface area contributed by atoms with Gasteiger partial charge in [-0.05, 0) is 45.3 Å². The fourth-order valence-corrected chi connectivity index (χ4v) is 5.12. The highest BCUT2D eigenvalue weighted by Gasteiger charge is 2.51. The van der Waals surface area contributed by atoms with Gasteiger partial charge in [0.05, 0.1) is 19.8 Å². The summed E-state index contributed by atoms with van der Waals surface area (Å²) in [4.78, 5) is 31.9. The monoisotopic (exact) mass is 402 g/mol. The molecule has 160 valence electrons. The standard InChI is InChI=1S/C22H34N4O3/c1-23(2)19(27)14-26-17-25(15-20(28)29)16-21(26)10-12-22(13-11-21,24(3)4)18-8-6-5-7-9-18/h5-9H,10-17H2,1-4H3,(H,28,29). The highest BCUT2D eigenvalue weighted by molar-refractivity contribution is 5.77. The summed E-state index contributed by atoms with van der Waals surface area (Å²) in [6.07, 6.45) is 3.85. The van der Waals surface area contributed by atoms with E-state index in [0.29, 0.717) is 19.8 Å². The molecule has 0 unspecified atom stereocenters. The number of amides is 1. The lowest BCUT2D eigenvalue weighted by atomic mass is 9.68. The van der Waals surface area contributed by atoms with Gasteiger partial charge in [0.15, 0.2) is 0 Å². The summed E-state index contributed by atoms with van der Waals surface area (Å²) in [5.74, 6) is -0.752. The van der Waals surface area contributed by atoms with Crippen LogP contribution in [0, 0.1) is 0 Å². The Balaban J connectivity index is 1.84. The van der Waals surface area contributed by atoms with Gasteiger partial charge in [-0.15, -0.1) is 0 Å². The van der Waals surface area contributed by atoms with Crippen LogP contribution in [-0.2, 0) is 15.1 Å². The molecule has 29 heavy (non-hydrogen) atoms. The largest absolute Gasteiger partial charge is 0.480 e. The SMILES string of the molecule is CN(C)C(=O)CN1CN(CC(=O)O)CC12CCC(c1ccccc1)(N(C)C)CC2. The number of likely N-dealkylation sites (N-methyl/N-ethyl adjacent to an activating group) is 1. The van der Waals surface area contributed by atoms with Gasteiger partial charge in [-0.3, -0.25) is 24.3 Å². The van der Waals surface area contributed by atoms with Gasteiger partial charge in [-0.1, -0.05) is 30.3 Å². The summed E-state index contributed by atoms with van der Waals surface area (Å²) in [5, 5.41) is 9.28. The minimum atomic E-state index is -0.816. The first kappa shape index (κ1) is 21.7. The van der Waals surface area contributed by atoms with E-state index in [2.05, 4.69) is 48.2 Å². The first-order chi connectivity index (χ1) is 13.7. The molecular formula is C22H34N4O3. The van der Waals surface area contributed by atoms with Gasteiger partial charge < -0.3 is 10.0 Å². The molecule has 7 heteroatoms. The van der Waals surface area contributed by atoms with Crippen LogP contribution in [0.5, 0.6) is 0 Å². The van der Waals surface area contributed by atoms with Crippen molar-refractivity contribution in [1.29, 1.82) is 0 Å². The number of hydrogen-bond acceptors (Lipinski definition) is 5. The lowest BCUT2D eigenvalue weighted by Crippen LogP contribution is -2.56. The Hall–Kier alpha value is -1.96. The number of hydrogen-bond donors (Lipinski definition) is 1. The van der Waals surface area contributed by atoms with E-state index < -0.39 is 5.97 Å². The Kier molecular flexibility index (Phi) is 6.31. The molecule has 0 atom stereocenters. The molecule has 1 aliphatic carbocycles. The number of aliphatic carboxylic acids is 1. The minimum Gasteiger partial charge on any atom is -0.480 e. The van der Waals surface area contributed by atoms with Crippen molar-refractivity contribution in [2.45, 2.75) is 36.8 Å². The van der Waals surface area contributed by atoms with Crippen LogP contribution in [0.2, 0.25) is 0 Å². The highest BCUT2D eigenvalue weighted by Crippen LogP contribution is 2.48. The topological polar surface area (TPSA) is 67.3 Å². The molecule has 0 aromatic heterocycles. The number of rotatable bonds is 6. The molecule has 1 aromatic rings. The predicted molar refractivity (Wildman–Crippen MR) is 112 cm³/mol. The van der Waals surface area contributed by atoms with E-state index in [1.54, 1.807) is 19.0 Å². The van der Waals surface area contributed by atoms with Gasteiger partial charge in [0, 0.05) is 31.7 Å². The van der Waals surface area contributed by atoms with Gasteiger partial charge in [-0.25, -0.2) is 0 Å². The number of carboxylic acids is 1. The van der Waals surface area contributed by atoms with Crippen molar-refractivity contribution in [2.24, 2.45) is 0 Å². The Morgan fingerprint density at radius 1 is 1.00 bits per heavy atom. The van der Waals surface area contributed by atoms with E-state index >= 15 is 0 Å². The molecule has 0 radical (unpaired) electrons. The predicted octanol–water partition coefficient (Wildman–Crippen LogP) is 1.50. The first-order valence-corrected chi connectivity index (χ1v) is 10.3. The number of carbonyl (C=O) groups is 2. The molecule has 1 aromatic carbocycles. The second-order valence-electron chi connectivity index (χ2n) is 9.02. The molecule has 7 nitrogen and oxygen atoms in total. The molecule has 1 N–H and O–H groups in total. The van der Waals surface area contributed by atoms with E-state index in [4.69, 9.17) is 0 Å². The van der Waals surface area contributed by atoms with Crippen LogP contribution < -0.4 is 0 Å². The molecule has 1 saturated heterocycles. The Labute approximate surface area is 173 Å². The molecule has 1 heterocycles. The van der Waals surface area contributed by atoms with Gasteiger partial charge >= 0.3 is 5.97 Å². The summed E-state index contributed by atoms with van der Waals surface area (Å²) >= 11 is 0. The third kappa shape index (κ3) is 4.32. The summed E-state index contributed by atoms with van der Waals surface area (Å²) in [6.45, 7) is 1.60. The van der Waals surface area contributed by atoms with Gasteiger partial charge in [0.25, 0.3) is 0 Å². The Bertz CT molecular complexity index is 727. The van der Waals surface area contributed by atoms with Crippen LogP contribution in [0.3, 0.4) is 0 Å². The van der Waals surface area contributed by atoms with Crippen molar-refractivity contribution in [3.05, 3.63) is 35.9 Å². The summed E-state index contributed by atoms with van der Waals surface area (Å²) in [5.41, 5.74) is 1.16. The normalized spacial score (nSPS) is 28.2. The molecule has 1 amide bonds. The summed E-state index contributed by atoms with van der Waals surface area (Å²) in [6, 6.07) is 10.6. The summed E-state index contributed by atoms with van der Waals surface area (Å²) in [7, 11) is 7.83. The van der Waals surface area contributed by atoms with Crippen LogP contribution in [0.1, 0.15) is 31.2 Å². The quantitative estimate of drug-likeness (QED) is 0.778. The molecule has 0 bridgehead atoms. The average Bonchev–Trinajstić information content (AvgIpc) is 2.98. The van der Waals surface area contributed by atoms with E-state index in [1.807, 2.05) is 11.0 Å². The van der Waals surface area contributed by atoms with Crippen molar-refractivity contribution in [2.75, 3.05) is 54.5 Å². The Morgan fingerprint density at radius 3 is 2.14 bits per heavy atom. The second-order valence-corrected chi connectivity index (χ2v) is 9.02. The maximum absolute atomic E-state index is 12.5. The lowest BCUT2D eigenvalue weighted by molar-refractivity contribution is -0.138. The second kappa shape index (κ2) is 8.42. The van der Waals surface area contributed by atoms with E-state index in [9.17, 15) is 14.7 Å². The number of carbonyl (C=O) groups excluding carboxylic acids is 1. The zero-order valence-corrected chi connectivity index (χ0v) is 18.1. The maximum Gasteiger partial charge on any atom is 0.317 e. The van der Waals surface area contributed by atoms with Gasteiger partial charge in [0.1, 0.15) is 0 Å². The van der Waals surface area contributed by atoms with Crippen LogP contribution in [0.25, 0.3) is 0 Å². The maximum atomic E-state index is 12.5. The molecule has 1 saturated carbocycles. The van der Waals surface area contributed by atoms with Crippen LogP contribution >= 0.6 is 0 Å². The first-order valence-electron chi connectivity index (χ1n) is 10.3. The molecular weight excluding hydrogens is 368 g/mol. The molecule has 2 fully saturated rings. The summed E-state index contributed by atoms with van der Waals surface area (Å²) < 4.78 is 0. The fraction of sp³-hybridized carbons (Fsp3) is 0.636. The van der Waals surface area contributed by atoms with Crippen LogP contribution in [0.15, 0.2) is 30.3 Å². The van der Waals surface area contributed by atoms with E-state index in [1.165, 1.54) is 5.56 Å². The Morgan fingerprint density at radius 2 is 1.62 bits per heavy atom. The zero-order valence-electron chi connectivity index (χ0n) is 18.1. The smallest absolute Gasteiger partial charge is 0.317 e. The van der Waals surface area contributed by atoms with Crippen molar-refractivity contribution in [3.63, 3.8) is 0 Å². The third-order valence-electron chi connectivity index (χ3n) is 6.92. The van der Waals surface area contributed by atoms with Crippen LogP contribution in [-0.4, -0.2) is 96.6 Å². The van der Waals surface area contributed by atoms with Gasteiger partial charge in [-0.2, -0.15) is 0 Å². The van der Waals surface area contributed by atoms with Crippen molar-refractivity contribution >= 4 is 11.9 Å².